The zero-order chi connectivity index (χ0) is 12.6. The largest absolute Gasteiger partial charge is 0.307 e. The first-order valence-corrected chi connectivity index (χ1v) is 5.39. The molecule has 1 aliphatic rings. The predicted molar refractivity (Wildman–Crippen MR) is 60.8 cm³/mol. The van der Waals surface area contributed by atoms with Gasteiger partial charge in [-0.25, -0.2) is 8.78 Å². The Morgan fingerprint density at radius 3 is 2.71 bits per heavy atom. The van der Waals surface area contributed by atoms with Crippen LogP contribution < -0.4 is 10.2 Å². The molecule has 0 radical (unpaired) electrons. The van der Waals surface area contributed by atoms with Crippen LogP contribution in [0.5, 0.6) is 0 Å². The van der Waals surface area contributed by atoms with Gasteiger partial charge in [0.15, 0.2) is 0 Å². The average Bonchev–Trinajstić information content (AvgIpc) is 2.22. The molecule has 0 atom stereocenters. The van der Waals surface area contributed by atoms with Crippen LogP contribution in [0.2, 0.25) is 0 Å². The van der Waals surface area contributed by atoms with E-state index in [1.807, 2.05) is 13.8 Å². The number of carbonyl (C=O) groups excluding carboxylic acids is 1. The molecule has 1 heterocycles. The zero-order valence-corrected chi connectivity index (χ0v) is 9.76. The van der Waals surface area contributed by atoms with Crippen molar-refractivity contribution in [1.29, 1.82) is 0 Å². The molecule has 0 unspecified atom stereocenters. The van der Waals surface area contributed by atoms with Crippen molar-refractivity contribution in [2.45, 2.75) is 19.4 Å². The van der Waals surface area contributed by atoms with Crippen LogP contribution in [0.1, 0.15) is 13.8 Å². The van der Waals surface area contributed by atoms with Crippen molar-refractivity contribution in [3.05, 3.63) is 29.8 Å². The molecular formula is C12H14F2N2O. The highest BCUT2D eigenvalue weighted by molar-refractivity contribution is 5.96. The first-order chi connectivity index (χ1) is 7.89. The number of nitrogens with one attached hydrogen (secondary N) is 1. The van der Waals surface area contributed by atoms with E-state index in [0.717, 1.165) is 12.1 Å². The third-order valence-electron chi connectivity index (χ3n) is 2.77. The summed E-state index contributed by atoms with van der Waals surface area (Å²) in [7, 11) is 0. The number of amides is 1. The quantitative estimate of drug-likeness (QED) is 0.810. The van der Waals surface area contributed by atoms with E-state index in [9.17, 15) is 13.6 Å². The highest BCUT2D eigenvalue weighted by Gasteiger charge is 2.32. The van der Waals surface area contributed by atoms with Gasteiger partial charge in [-0.15, -0.1) is 0 Å². The molecule has 0 saturated carbocycles. The summed E-state index contributed by atoms with van der Waals surface area (Å²) in [4.78, 5) is 13.1. The number of nitrogens with zero attached hydrogens (tertiary/aromatic N) is 1. The summed E-state index contributed by atoms with van der Waals surface area (Å²) in [5.74, 6) is -1.57. The molecule has 1 amide bonds. The Morgan fingerprint density at radius 2 is 2.06 bits per heavy atom. The molecule has 1 aliphatic heterocycles. The Balaban J connectivity index is 2.34. The summed E-state index contributed by atoms with van der Waals surface area (Å²) in [6.45, 7) is 4.36. The van der Waals surface area contributed by atoms with E-state index < -0.39 is 11.6 Å². The predicted octanol–water partition coefficient (Wildman–Crippen LogP) is 1.68. The minimum atomic E-state index is -0.712. The Morgan fingerprint density at radius 1 is 1.35 bits per heavy atom. The molecule has 3 nitrogen and oxygen atoms in total. The third-order valence-corrected chi connectivity index (χ3v) is 2.77. The van der Waals surface area contributed by atoms with Crippen LogP contribution in [0, 0.1) is 11.6 Å². The van der Waals surface area contributed by atoms with Crippen molar-refractivity contribution in [2.24, 2.45) is 0 Å². The molecule has 0 aromatic heterocycles. The molecule has 17 heavy (non-hydrogen) atoms. The van der Waals surface area contributed by atoms with Gasteiger partial charge in [-0.1, -0.05) is 0 Å². The van der Waals surface area contributed by atoms with Gasteiger partial charge in [0, 0.05) is 18.2 Å². The van der Waals surface area contributed by atoms with E-state index >= 15 is 0 Å². The molecule has 2 rings (SSSR count). The Hall–Kier alpha value is -1.49. The van der Waals surface area contributed by atoms with E-state index in [-0.39, 0.29) is 23.7 Å². The summed E-state index contributed by atoms with van der Waals surface area (Å²) < 4.78 is 26.4. The van der Waals surface area contributed by atoms with Gasteiger partial charge in [-0.3, -0.25) is 4.79 Å². The van der Waals surface area contributed by atoms with Crippen LogP contribution in [0.15, 0.2) is 18.2 Å². The van der Waals surface area contributed by atoms with Crippen molar-refractivity contribution in [3.8, 4) is 0 Å². The van der Waals surface area contributed by atoms with Crippen LogP contribution in [0.25, 0.3) is 0 Å². The van der Waals surface area contributed by atoms with Gasteiger partial charge < -0.3 is 10.2 Å². The smallest absolute Gasteiger partial charge is 0.241 e. The van der Waals surface area contributed by atoms with Gasteiger partial charge in [-0.05, 0) is 26.0 Å². The maximum absolute atomic E-state index is 13.6. The summed E-state index contributed by atoms with van der Waals surface area (Å²) in [5.41, 5.74) is -0.152. The van der Waals surface area contributed by atoms with Crippen molar-refractivity contribution in [1.82, 2.24) is 5.32 Å². The first-order valence-electron chi connectivity index (χ1n) is 5.39. The fourth-order valence-corrected chi connectivity index (χ4v) is 1.87. The molecule has 1 N–H and O–H groups in total. The van der Waals surface area contributed by atoms with Gasteiger partial charge in [0.05, 0.1) is 12.2 Å². The molecule has 5 heteroatoms. The number of piperazine rings is 1. The summed E-state index contributed by atoms with van der Waals surface area (Å²) in [6, 6.07) is 3.24. The second kappa shape index (κ2) is 4.07. The topological polar surface area (TPSA) is 32.3 Å². The summed E-state index contributed by atoms with van der Waals surface area (Å²) in [5, 5.41) is 3.05. The lowest BCUT2D eigenvalue weighted by Gasteiger charge is -2.38. The lowest BCUT2D eigenvalue weighted by atomic mass is 10.0. The number of benzene rings is 1. The van der Waals surface area contributed by atoms with E-state index in [0.29, 0.717) is 6.54 Å². The van der Waals surface area contributed by atoms with Gasteiger partial charge in [0.1, 0.15) is 11.6 Å². The normalized spacial score (nSPS) is 19.5. The number of halogens is 2. The lowest BCUT2D eigenvalue weighted by Crippen LogP contribution is -2.60. The molecule has 1 aromatic carbocycles. The van der Waals surface area contributed by atoms with Crippen LogP contribution in [0.3, 0.4) is 0 Å². The van der Waals surface area contributed by atoms with Crippen molar-refractivity contribution < 1.29 is 13.6 Å². The standard InChI is InChI=1S/C12H14F2N2O/c1-12(2)7-16(11(17)6-15-12)10-4-3-8(13)5-9(10)14/h3-5,15H,6-7H2,1-2H3. The highest BCUT2D eigenvalue weighted by Crippen LogP contribution is 2.24. The van der Waals surface area contributed by atoms with Crippen LogP contribution in [-0.2, 0) is 4.79 Å². The van der Waals surface area contributed by atoms with Gasteiger partial charge in [0.2, 0.25) is 5.91 Å². The monoisotopic (exact) mass is 240 g/mol. The molecule has 1 fully saturated rings. The number of anilines is 1. The molecule has 0 aliphatic carbocycles. The summed E-state index contributed by atoms with van der Waals surface area (Å²) in [6.07, 6.45) is 0. The van der Waals surface area contributed by atoms with Gasteiger partial charge >= 0.3 is 0 Å². The minimum absolute atomic E-state index is 0.131. The highest BCUT2D eigenvalue weighted by atomic mass is 19.1. The molecule has 0 spiro atoms. The van der Waals surface area contributed by atoms with Crippen LogP contribution in [-0.4, -0.2) is 24.5 Å². The Labute approximate surface area is 98.4 Å². The number of rotatable bonds is 1. The molecule has 92 valence electrons. The first kappa shape index (κ1) is 12.0. The van der Waals surface area contributed by atoms with Crippen LogP contribution >= 0.6 is 0 Å². The minimum Gasteiger partial charge on any atom is -0.307 e. The maximum Gasteiger partial charge on any atom is 0.241 e. The van der Waals surface area contributed by atoms with Gasteiger partial charge in [0.25, 0.3) is 0 Å². The van der Waals surface area contributed by atoms with Crippen molar-refractivity contribution in [2.75, 3.05) is 18.0 Å². The number of hydrogen-bond donors (Lipinski definition) is 1. The zero-order valence-electron chi connectivity index (χ0n) is 9.76. The van der Waals surface area contributed by atoms with E-state index in [1.54, 1.807) is 0 Å². The molecule has 1 aromatic rings. The second-order valence-electron chi connectivity index (χ2n) is 4.81. The average molecular weight is 240 g/mol. The van der Waals surface area contributed by atoms with E-state index in [4.69, 9.17) is 0 Å². The SMILES string of the molecule is CC1(C)CN(c2ccc(F)cc2F)C(=O)CN1. The van der Waals surface area contributed by atoms with Crippen molar-refractivity contribution in [3.63, 3.8) is 0 Å². The number of carbonyl (C=O) groups is 1. The molecule has 1 saturated heterocycles. The lowest BCUT2D eigenvalue weighted by molar-refractivity contribution is -0.119. The fraction of sp³-hybridized carbons (Fsp3) is 0.417. The third kappa shape index (κ3) is 2.44. The number of hydrogen-bond acceptors (Lipinski definition) is 2. The van der Waals surface area contributed by atoms with Crippen molar-refractivity contribution >= 4 is 11.6 Å². The maximum atomic E-state index is 13.6. The summed E-state index contributed by atoms with van der Waals surface area (Å²) >= 11 is 0. The van der Waals surface area contributed by atoms with E-state index in [1.165, 1.54) is 11.0 Å². The van der Waals surface area contributed by atoms with Crippen LogP contribution in [0.4, 0.5) is 14.5 Å². The molecular weight excluding hydrogens is 226 g/mol. The second-order valence-corrected chi connectivity index (χ2v) is 4.81. The Kier molecular flexibility index (Phi) is 2.87. The molecule has 0 bridgehead atoms. The Bertz CT molecular complexity index is 460. The fourth-order valence-electron chi connectivity index (χ4n) is 1.87. The van der Waals surface area contributed by atoms with E-state index in [2.05, 4.69) is 5.32 Å². The van der Waals surface area contributed by atoms with Gasteiger partial charge in [-0.2, -0.15) is 0 Å².